The lowest BCUT2D eigenvalue weighted by Crippen LogP contribution is -2.09. The molecular formula is C21H22N8S2. The Hall–Kier alpha value is -2.98. The second-order valence-corrected chi connectivity index (χ2v) is 9.72. The molecule has 1 aliphatic rings. The smallest absolute Gasteiger partial charge is 0.232 e. The summed E-state index contributed by atoms with van der Waals surface area (Å²) in [6.45, 7) is 2.05. The van der Waals surface area contributed by atoms with E-state index in [9.17, 15) is 0 Å². The maximum Gasteiger partial charge on any atom is 0.232 e. The van der Waals surface area contributed by atoms with Gasteiger partial charge in [0.1, 0.15) is 11.6 Å². The first-order chi connectivity index (χ1) is 15.2. The Morgan fingerprint density at radius 2 is 1.97 bits per heavy atom. The van der Waals surface area contributed by atoms with Crippen LogP contribution >= 0.6 is 23.1 Å². The monoisotopic (exact) mass is 450 g/mol. The van der Waals surface area contributed by atoms with Gasteiger partial charge < -0.3 is 15.6 Å². The quantitative estimate of drug-likeness (QED) is 0.374. The molecule has 1 unspecified atom stereocenters. The van der Waals surface area contributed by atoms with Gasteiger partial charge in [-0.15, -0.1) is 21.5 Å². The molecule has 31 heavy (non-hydrogen) atoms. The van der Waals surface area contributed by atoms with Gasteiger partial charge in [0.25, 0.3) is 0 Å². The van der Waals surface area contributed by atoms with Crippen molar-refractivity contribution >= 4 is 40.7 Å². The van der Waals surface area contributed by atoms with Crippen molar-refractivity contribution in [2.24, 2.45) is 0 Å². The lowest BCUT2D eigenvalue weighted by molar-refractivity contribution is 0.633. The molecule has 4 aromatic rings. The van der Waals surface area contributed by atoms with E-state index in [-0.39, 0.29) is 11.2 Å². The van der Waals surface area contributed by atoms with Crippen molar-refractivity contribution in [1.82, 2.24) is 29.7 Å². The minimum Gasteiger partial charge on any atom is -0.368 e. The Morgan fingerprint density at radius 1 is 1.13 bits per heavy atom. The van der Waals surface area contributed by atoms with Crippen molar-refractivity contribution in [1.29, 1.82) is 0 Å². The summed E-state index contributed by atoms with van der Waals surface area (Å²) >= 11 is 3.35. The van der Waals surface area contributed by atoms with Crippen LogP contribution in [-0.2, 0) is 6.42 Å². The minimum atomic E-state index is -0.0575. The second-order valence-electron chi connectivity index (χ2n) is 7.38. The van der Waals surface area contributed by atoms with Crippen LogP contribution in [0.4, 0.5) is 17.6 Å². The molecule has 0 amide bonds. The zero-order chi connectivity index (χ0) is 21.2. The molecule has 1 atom stereocenters. The summed E-state index contributed by atoms with van der Waals surface area (Å²) in [7, 11) is 0. The number of nitrogens with two attached hydrogens (primary N) is 1. The molecule has 0 spiro atoms. The average molecular weight is 451 g/mol. The molecule has 0 radical (unpaired) electrons. The van der Waals surface area contributed by atoms with E-state index < -0.39 is 0 Å². The normalized spacial score (nSPS) is 14.5. The van der Waals surface area contributed by atoms with Gasteiger partial charge in [-0.1, -0.05) is 36.0 Å². The van der Waals surface area contributed by atoms with Gasteiger partial charge in [0.05, 0.1) is 5.25 Å². The molecule has 3 heterocycles. The SMILES string of the molecule is CC(Sc1nnc(Cc2cccs2)n1C1CC1)c1nc(N)nc(Nc2ccccc2)n1. The fourth-order valence-electron chi connectivity index (χ4n) is 3.29. The first-order valence-corrected chi connectivity index (χ1v) is 11.9. The number of aromatic nitrogens is 6. The number of para-hydroxylation sites is 1. The molecule has 8 nitrogen and oxygen atoms in total. The first kappa shape index (κ1) is 20.0. The van der Waals surface area contributed by atoms with Crippen molar-refractivity contribution in [3.05, 3.63) is 64.4 Å². The van der Waals surface area contributed by atoms with Crippen LogP contribution in [0.3, 0.4) is 0 Å². The Balaban J connectivity index is 1.36. The number of anilines is 3. The number of hydrogen-bond donors (Lipinski definition) is 2. The van der Waals surface area contributed by atoms with Crippen LogP contribution in [0.2, 0.25) is 0 Å². The highest BCUT2D eigenvalue weighted by Gasteiger charge is 2.31. The third-order valence-electron chi connectivity index (χ3n) is 4.91. The molecule has 0 bridgehead atoms. The summed E-state index contributed by atoms with van der Waals surface area (Å²) in [4.78, 5) is 14.5. The highest BCUT2D eigenvalue weighted by Crippen LogP contribution is 2.42. The van der Waals surface area contributed by atoms with Gasteiger partial charge in [-0.05, 0) is 43.3 Å². The van der Waals surface area contributed by atoms with Crippen LogP contribution < -0.4 is 11.1 Å². The number of nitrogens with one attached hydrogen (secondary N) is 1. The predicted octanol–water partition coefficient (Wildman–Crippen LogP) is 4.63. The zero-order valence-corrected chi connectivity index (χ0v) is 18.6. The highest BCUT2D eigenvalue weighted by atomic mass is 32.2. The largest absolute Gasteiger partial charge is 0.368 e. The Morgan fingerprint density at radius 3 is 2.71 bits per heavy atom. The van der Waals surface area contributed by atoms with Crippen molar-refractivity contribution in [3.8, 4) is 0 Å². The van der Waals surface area contributed by atoms with Gasteiger partial charge in [0.15, 0.2) is 5.16 Å². The van der Waals surface area contributed by atoms with E-state index in [4.69, 9.17) is 5.73 Å². The topological polar surface area (TPSA) is 107 Å². The fraction of sp³-hybridized carbons (Fsp3) is 0.286. The van der Waals surface area contributed by atoms with Crippen molar-refractivity contribution in [2.45, 2.75) is 42.6 Å². The van der Waals surface area contributed by atoms with Gasteiger partial charge in [-0.3, -0.25) is 0 Å². The third-order valence-corrected chi connectivity index (χ3v) is 6.84. The van der Waals surface area contributed by atoms with Gasteiger partial charge in [-0.25, -0.2) is 0 Å². The van der Waals surface area contributed by atoms with Crippen molar-refractivity contribution in [3.63, 3.8) is 0 Å². The van der Waals surface area contributed by atoms with Crippen LogP contribution in [-0.4, -0.2) is 29.7 Å². The minimum absolute atomic E-state index is 0.0575. The second kappa shape index (κ2) is 8.64. The molecule has 158 valence electrons. The van der Waals surface area contributed by atoms with E-state index in [2.05, 4.69) is 59.5 Å². The molecule has 5 rings (SSSR count). The van der Waals surface area contributed by atoms with Crippen LogP contribution in [0.1, 0.15) is 47.6 Å². The lowest BCUT2D eigenvalue weighted by Gasteiger charge is -2.13. The van der Waals surface area contributed by atoms with E-state index in [0.717, 1.165) is 23.1 Å². The highest BCUT2D eigenvalue weighted by molar-refractivity contribution is 7.99. The maximum absolute atomic E-state index is 5.97. The van der Waals surface area contributed by atoms with E-state index in [0.29, 0.717) is 17.8 Å². The van der Waals surface area contributed by atoms with Gasteiger partial charge in [0.2, 0.25) is 11.9 Å². The molecule has 1 fully saturated rings. The number of nitrogens with zero attached hydrogens (tertiary/aromatic N) is 6. The fourth-order valence-corrected chi connectivity index (χ4v) is 4.97. The lowest BCUT2D eigenvalue weighted by atomic mass is 10.3. The van der Waals surface area contributed by atoms with Gasteiger partial charge in [0, 0.05) is 23.0 Å². The number of rotatable bonds is 8. The summed E-state index contributed by atoms with van der Waals surface area (Å²) in [5.41, 5.74) is 6.86. The Labute approximate surface area is 188 Å². The van der Waals surface area contributed by atoms with Crippen LogP contribution in [0.5, 0.6) is 0 Å². The number of thiophene rings is 1. The predicted molar refractivity (Wildman–Crippen MR) is 124 cm³/mol. The Bertz CT molecular complexity index is 1160. The summed E-state index contributed by atoms with van der Waals surface area (Å²) in [6.07, 6.45) is 3.14. The molecule has 0 saturated heterocycles. The van der Waals surface area contributed by atoms with Crippen molar-refractivity contribution in [2.75, 3.05) is 11.1 Å². The van der Waals surface area contributed by atoms with E-state index in [1.54, 1.807) is 23.1 Å². The molecule has 1 aromatic carbocycles. The van der Waals surface area contributed by atoms with Gasteiger partial charge in [-0.2, -0.15) is 15.0 Å². The maximum atomic E-state index is 5.97. The molecule has 3 N–H and O–H groups in total. The van der Waals surface area contributed by atoms with E-state index in [1.807, 2.05) is 30.3 Å². The number of thioether (sulfide) groups is 1. The molecule has 10 heteroatoms. The van der Waals surface area contributed by atoms with E-state index in [1.165, 1.54) is 17.7 Å². The molecule has 1 aliphatic carbocycles. The molecular weight excluding hydrogens is 428 g/mol. The Kier molecular flexibility index (Phi) is 5.56. The van der Waals surface area contributed by atoms with E-state index >= 15 is 0 Å². The summed E-state index contributed by atoms with van der Waals surface area (Å²) in [6, 6.07) is 14.5. The number of benzene rings is 1. The van der Waals surface area contributed by atoms with Crippen LogP contribution in [0.15, 0.2) is 53.0 Å². The molecule has 3 aromatic heterocycles. The average Bonchev–Trinajstić information content (AvgIpc) is 3.32. The molecule has 1 saturated carbocycles. The van der Waals surface area contributed by atoms with Crippen molar-refractivity contribution < 1.29 is 0 Å². The third kappa shape index (κ3) is 4.70. The summed E-state index contributed by atoms with van der Waals surface area (Å²) in [5.74, 6) is 2.25. The van der Waals surface area contributed by atoms with Crippen LogP contribution in [0, 0.1) is 0 Å². The standard InChI is InChI=1S/C21H22N8S2/c1-13(18-24-19(22)26-20(25-18)23-14-6-3-2-4-7-14)31-21-28-27-17(29(21)15-9-10-15)12-16-8-5-11-30-16/h2-8,11,13,15H,9-10,12H2,1H3,(H3,22,23,24,25,26). The molecule has 0 aliphatic heterocycles. The first-order valence-electron chi connectivity index (χ1n) is 10.1. The summed E-state index contributed by atoms with van der Waals surface area (Å²) in [5, 5.41) is 15.1. The summed E-state index contributed by atoms with van der Waals surface area (Å²) < 4.78 is 2.29. The number of hydrogen-bond acceptors (Lipinski definition) is 9. The van der Waals surface area contributed by atoms with Crippen LogP contribution in [0.25, 0.3) is 0 Å². The zero-order valence-electron chi connectivity index (χ0n) is 17.0. The van der Waals surface area contributed by atoms with Gasteiger partial charge >= 0.3 is 0 Å². The number of nitrogen functional groups attached to an aromatic ring is 1.